The van der Waals surface area contributed by atoms with Gasteiger partial charge in [-0.3, -0.25) is 9.59 Å². The normalized spacial score (nSPS) is 21.2. The molecule has 182 valence electrons. The van der Waals surface area contributed by atoms with Crippen LogP contribution in [0.15, 0.2) is 30.3 Å². The number of β-amino-alcohol motifs (C(OH)–C–C–N with tert-alkyl or cyclic N) is 1. The largest absolute Gasteiger partial charge is 0.483 e. The van der Waals surface area contributed by atoms with Crippen molar-refractivity contribution in [3.05, 3.63) is 41.6 Å². The number of rotatable bonds is 5. The summed E-state index contributed by atoms with van der Waals surface area (Å²) in [6.07, 6.45) is 4.71. The maximum Gasteiger partial charge on any atom is 0.290 e. The van der Waals surface area contributed by atoms with E-state index in [-0.39, 0.29) is 30.4 Å². The van der Waals surface area contributed by atoms with Gasteiger partial charge >= 0.3 is 0 Å². The number of carbonyl (C=O) groups is 2. The van der Waals surface area contributed by atoms with Gasteiger partial charge in [0.15, 0.2) is 5.82 Å². The molecule has 3 aliphatic rings. The van der Waals surface area contributed by atoms with Crippen molar-refractivity contribution in [3.63, 3.8) is 0 Å². The number of aromatic nitrogens is 2. The fourth-order valence-corrected chi connectivity index (χ4v) is 5.46. The summed E-state index contributed by atoms with van der Waals surface area (Å²) in [5.41, 5.74) is 3.54. The van der Waals surface area contributed by atoms with E-state index in [4.69, 9.17) is 19.9 Å². The van der Waals surface area contributed by atoms with Crippen LogP contribution in [0.2, 0.25) is 0 Å². The van der Waals surface area contributed by atoms with Gasteiger partial charge in [0.2, 0.25) is 5.91 Å². The van der Waals surface area contributed by atoms with Gasteiger partial charge in [0.05, 0.1) is 18.3 Å². The first-order chi connectivity index (χ1) is 16.5. The number of nitrogens with zero attached hydrogens (tertiary/aromatic N) is 4. The fraction of sp³-hybridized carbons (Fsp3) is 0.520. The van der Waals surface area contributed by atoms with Crippen LogP contribution in [0.4, 0.5) is 5.82 Å². The molecule has 1 spiro atoms. The quantitative estimate of drug-likeness (QED) is 0.569. The highest BCUT2D eigenvalue weighted by Crippen LogP contribution is 2.47. The van der Waals surface area contributed by atoms with Gasteiger partial charge in [0, 0.05) is 43.1 Å². The number of aliphatic hydroxyl groups excluding tert-OH is 1. The van der Waals surface area contributed by atoms with Crippen molar-refractivity contribution in [2.75, 3.05) is 45.2 Å². The van der Waals surface area contributed by atoms with Crippen LogP contribution < -0.4 is 5.32 Å². The number of benzene rings is 1. The number of hydrogen-bond acceptors (Lipinski definition) is 7. The van der Waals surface area contributed by atoms with Crippen molar-refractivity contribution in [2.45, 2.75) is 43.6 Å². The summed E-state index contributed by atoms with van der Waals surface area (Å²) in [5, 5.41) is 19.8. The van der Waals surface area contributed by atoms with E-state index < -0.39 is 0 Å². The van der Waals surface area contributed by atoms with E-state index in [1.54, 1.807) is 4.90 Å². The first-order valence-corrected chi connectivity index (χ1v) is 11.9. The zero-order chi connectivity index (χ0) is 24.1. The average molecular weight is 468 g/mol. The molecular weight excluding hydrogens is 434 g/mol. The van der Waals surface area contributed by atoms with Gasteiger partial charge in [-0.15, -0.1) is 0 Å². The number of fused-ring (bicyclic) bond motifs is 2. The number of aliphatic hydroxyl groups is 1. The van der Waals surface area contributed by atoms with Crippen molar-refractivity contribution in [1.29, 1.82) is 0 Å². The number of nitrogens with one attached hydrogen (secondary N) is 1. The Kier molecular flexibility index (Phi) is 7.43. The first-order valence-electron chi connectivity index (χ1n) is 11.9. The molecule has 2 saturated heterocycles. The molecule has 3 heterocycles. The van der Waals surface area contributed by atoms with Gasteiger partial charge in [-0.05, 0) is 38.8 Å². The molecule has 5 rings (SSSR count). The Morgan fingerprint density at radius 2 is 1.88 bits per heavy atom. The molecule has 0 saturated carbocycles. The van der Waals surface area contributed by atoms with Crippen LogP contribution in [-0.2, 0) is 21.4 Å². The number of piperidine rings is 1. The van der Waals surface area contributed by atoms with Crippen LogP contribution in [0.25, 0.3) is 11.4 Å². The third-order valence-electron chi connectivity index (χ3n) is 7.31. The number of amides is 1. The predicted octanol–water partition coefficient (Wildman–Crippen LogP) is 1.76. The highest BCUT2D eigenvalue weighted by Gasteiger charge is 2.44. The monoisotopic (exact) mass is 467 g/mol. The van der Waals surface area contributed by atoms with Gasteiger partial charge < -0.3 is 25.3 Å². The first kappa shape index (κ1) is 24.1. The van der Waals surface area contributed by atoms with Crippen molar-refractivity contribution < 1.29 is 19.8 Å². The summed E-state index contributed by atoms with van der Waals surface area (Å²) >= 11 is 0. The van der Waals surface area contributed by atoms with Crippen molar-refractivity contribution >= 4 is 18.2 Å². The number of carbonyl (C=O) groups excluding carboxylic acids is 1. The van der Waals surface area contributed by atoms with E-state index in [0.717, 1.165) is 62.5 Å². The zero-order valence-corrected chi connectivity index (χ0v) is 19.6. The maximum atomic E-state index is 12.1. The molecule has 1 amide bonds. The minimum Gasteiger partial charge on any atom is -0.483 e. The second kappa shape index (κ2) is 10.5. The molecular formula is C25H33N5O4. The van der Waals surface area contributed by atoms with Crippen LogP contribution >= 0.6 is 0 Å². The highest BCUT2D eigenvalue weighted by atomic mass is 16.3. The Morgan fingerprint density at radius 3 is 2.50 bits per heavy atom. The molecule has 0 bridgehead atoms. The number of likely N-dealkylation sites (tertiary alicyclic amines) is 2. The van der Waals surface area contributed by atoms with E-state index in [9.17, 15) is 9.90 Å². The molecule has 1 aromatic heterocycles. The van der Waals surface area contributed by atoms with Gasteiger partial charge in [0.1, 0.15) is 5.82 Å². The summed E-state index contributed by atoms with van der Waals surface area (Å²) in [6.45, 7) is 3.41. The zero-order valence-electron chi connectivity index (χ0n) is 19.6. The molecule has 1 atom stereocenters. The molecule has 34 heavy (non-hydrogen) atoms. The molecule has 1 aromatic carbocycles. The summed E-state index contributed by atoms with van der Waals surface area (Å²) in [7, 11) is 1.86. The van der Waals surface area contributed by atoms with Crippen LogP contribution in [0.3, 0.4) is 0 Å². The van der Waals surface area contributed by atoms with Gasteiger partial charge in [0.25, 0.3) is 6.47 Å². The Morgan fingerprint density at radius 1 is 1.18 bits per heavy atom. The molecule has 9 nitrogen and oxygen atoms in total. The molecule has 3 N–H and O–H groups in total. The second-order valence-corrected chi connectivity index (χ2v) is 9.36. The lowest BCUT2D eigenvalue weighted by Gasteiger charge is -2.39. The fourth-order valence-electron chi connectivity index (χ4n) is 5.46. The lowest BCUT2D eigenvalue weighted by atomic mass is 9.76. The number of likely N-dealkylation sites (N-methyl/N-ethyl adjacent to an activating group) is 1. The SMILES string of the molecule is CN1CC(Nc2nc(-c3ccccc3)nc3c2CCC32CCN(CCO)CC2)CC1=O.O=CO. The van der Waals surface area contributed by atoms with Gasteiger partial charge in [-0.1, -0.05) is 30.3 Å². The summed E-state index contributed by atoms with van der Waals surface area (Å²) in [6, 6.07) is 10.3. The molecule has 0 radical (unpaired) electrons. The second-order valence-electron chi connectivity index (χ2n) is 9.36. The van der Waals surface area contributed by atoms with E-state index in [1.165, 1.54) is 11.3 Å². The minimum absolute atomic E-state index is 0.0862. The minimum atomic E-state index is -0.250. The lowest BCUT2D eigenvalue weighted by molar-refractivity contribution is -0.126. The average Bonchev–Trinajstić information content (AvgIpc) is 3.36. The van der Waals surface area contributed by atoms with E-state index in [0.29, 0.717) is 13.0 Å². The predicted molar refractivity (Wildman–Crippen MR) is 129 cm³/mol. The molecule has 1 aliphatic carbocycles. The van der Waals surface area contributed by atoms with Gasteiger partial charge in [-0.25, -0.2) is 9.97 Å². The van der Waals surface area contributed by atoms with E-state index in [2.05, 4.69) is 22.3 Å². The molecule has 2 aliphatic heterocycles. The Bertz CT molecular complexity index is 1010. The van der Waals surface area contributed by atoms with Crippen molar-refractivity contribution in [2.24, 2.45) is 0 Å². The number of hydrogen-bond donors (Lipinski definition) is 3. The smallest absolute Gasteiger partial charge is 0.290 e. The third-order valence-corrected chi connectivity index (χ3v) is 7.31. The Hall–Kier alpha value is -3.04. The maximum absolute atomic E-state index is 12.1. The van der Waals surface area contributed by atoms with E-state index >= 15 is 0 Å². The van der Waals surface area contributed by atoms with Crippen molar-refractivity contribution in [1.82, 2.24) is 19.8 Å². The van der Waals surface area contributed by atoms with Crippen LogP contribution in [0.1, 0.15) is 36.9 Å². The summed E-state index contributed by atoms with van der Waals surface area (Å²) in [4.78, 5) is 34.6. The molecule has 2 fully saturated rings. The molecule has 9 heteroatoms. The van der Waals surface area contributed by atoms with Gasteiger partial charge in [-0.2, -0.15) is 0 Å². The summed E-state index contributed by atoms with van der Waals surface area (Å²) < 4.78 is 0. The Balaban J connectivity index is 0.000000868. The van der Waals surface area contributed by atoms with Crippen molar-refractivity contribution in [3.8, 4) is 11.4 Å². The Labute approximate surface area is 199 Å². The van der Waals surface area contributed by atoms with E-state index in [1.807, 2.05) is 25.2 Å². The topological polar surface area (TPSA) is 119 Å². The highest BCUT2D eigenvalue weighted by molar-refractivity contribution is 5.79. The van der Waals surface area contributed by atoms with Crippen LogP contribution in [-0.4, -0.2) is 88.2 Å². The number of carboxylic acid groups (broad SMARTS) is 1. The standard InChI is InChI=1S/C24H31N5O2.CH2O2/c1-28-16-18(15-20(28)31)25-23-19-7-8-24(9-11-29(12-10-24)13-14-30)21(19)26-22(27-23)17-5-3-2-4-6-17;2-1-3/h2-6,18,30H,7-16H2,1H3,(H,25,26,27);1H,(H,2,3). The van der Waals surface area contributed by atoms with Crippen LogP contribution in [0, 0.1) is 0 Å². The van der Waals surface area contributed by atoms with Crippen LogP contribution in [0.5, 0.6) is 0 Å². The lowest BCUT2D eigenvalue weighted by Crippen LogP contribution is -2.43. The third kappa shape index (κ3) is 4.90. The number of anilines is 1. The molecule has 2 aromatic rings. The summed E-state index contributed by atoms with van der Waals surface area (Å²) in [5.74, 6) is 1.85. The molecule has 1 unspecified atom stereocenters.